The van der Waals surface area contributed by atoms with Gasteiger partial charge in [-0.2, -0.15) is 9.98 Å². The number of nitrogens with zero attached hydrogens (tertiary/aromatic N) is 1. The van der Waals surface area contributed by atoms with E-state index in [4.69, 9.17) is 27.1 Å². The topological polar surface area (TPSA) is 127 Å². The van der Waals surface area contributed by atoms with E-state index in [1.807, 2.05) is 0 Å². The van der Waals surface area contributed by atoms with E-state index >= 15 is 0 Å². The Balaban J connectivity index is 3.14. The number of aliphatic hydroxyl groups is 1. The molecule has 0 spiro atoms. The molecule has 1 atom stereocenters. The number of carbonyl (C=O) groups is 1. The number of aliphatic carboxylic acids is 1. The number of aliphatic hydroxyl groups excluding tert-OH is 1. The molecule has 3 N–H and O–H groups in total. The standard InChI is InChI=1S/C10H9ClN2O5S/c11-7-3-6(4-12)1-2-9(7)19(17,18)13-8(5-14)10(15)16/h1-3,8,13-14H,5H2,(H,15,16). The van der Waals surface area contributed by atoms with E-state index in [1.54, 1.807) is 10.8 Å². The van der Waals surface area contributed by atoms with Crippen molar-refractivity contribution in [3.63, 3.8) is 0 Å². The lowest BCUT2D eigenvalue weighted by molar-refractivity contribution is -0.139. The quantitative estimate of drug-likeness (QED) is 0.699. The van der Waals surface area contributed by atoms with Crippen LogP contribution in [-0.4, -0.2) is 37.2 Å². The maximum atomic E-state index is 11.9. The van der Waals surface area contributed by atoms with Crippen molar-refractivity contribution in [2.75, 3.05) is 6.61 Å². The highest BCUT2D eigenvalue weighted by molar-refractivity contribution is 7.89. The molecule has 0 saturated carbocycles. The number of nitriles is 1. The molecule has 0 aliphatic rings. The molecule has 1 rings (SSSR count). The highest BCUT2D eigenvalue weighted by Gasteiger charge is 2.26. The van der Waals surface area contributed by atoms with Gasteiger partial charge in [0.15, 0.2) is 0 Å². The van der Waals surface area contributed by atoms with Crippen LogP contribution in [0.3, 0.4) is 0 Å². The van der Waals surface area contributed by atoms with Crippen molar-refractivity contribution < 1.29 is 23.4 Å². The monoisotopic (exact) mass is 304 g/mol. The molecule has 0 heterocycles. The second-order valence-electron chi connectivity index (χ2n) is 3.45. The Morgan fingerprint density at radius 1 is 1.53 bits per heavy atom. The summed E-state index contributed by atoms with van der Waals surface area (Å²) >= 11 is 5.72. The van der Waals surface area contributed by atoms with Gasteiger partial charge in [0.25, 0.3) is 0 Å². The zero-order valence-corrected chi connectivity index (χ0v) is 10.9. The normalized spacial score (nSPS) is 12.7. The van der Waals surface area contributed by atoms with Gasteiger partial charge >= 0.3 is 5.97 Å². The van der Waals surface area contributed by atoms with Crippen LogP contribution in [0.15, 0.2) is 23.1 Å². The Labute approximate surface area is 114 Å². The Bertz CT molecular complexity index is 638. The number of hydrogen-bond donors (Lipinski definition) is 3. The first-order valence-corrected chi connectivity index (χ1v) is 6.73. The highest BCUT2D eigenvalue weighted by atomic mass is 35.5. The number of carboxylic acids is 1. The summed E-state index contributed by atoms with van der Waals surface area (Å²) in [4.78, 5) is 10.3. The Morgan fingerprint density at radius 2 is 2.16 bits per heavy atom. The molecule has 0 amide bonds. The molecule has 0 aliphatic heterocycles. The average Bonchev–Trinajstić information content (AvgIpc) is 2.35. The number of nitrogens with one attached hydrogen (secondary N) is 1. The molecule has 7 nitrogen and oxygen atoms in total. The maximum Gasteiger partial charge on any atom is 0.324 e. The van der Waals surface area contributed by atoms with Gasteiger partial charge in [-0.25, -0.2) is 8.42 Å². The summed E-state index contributed by atoms with van der Waals surface area (Å²) in [6.07, 6.45) is 0. The van der Waals surface area contributed by atoms with Crippen molar-refractivity contribution in [3.8, 4) is 6.07 Å². The number of carboxylic acid groups (broad SMARTS) is 1. The van der Waals surface area contributed by atoms with Crippen LogP contribution in [-0.2, 0) is 14.8 Å². The summed E-state index contributed by atoms with van der Waals surface area (Å²) in [5.41, 5.74) is 0.167. The van der Waals surface area contributed by atoms with E-state index in [9.17, 15) is 13.2 Å². The molecule has 1 aromatic carbocycles. The van der Waals surface area contributed by atoms with Crippen LogP contribution in [0, 0.1) is 11.3 Å². The fourth-order valence-corrected chi connectivity index (χ4v) is 2.93. The van der Waals surface area contributed by atoms with Crippen molar-refractivity contribution >= 4 is 27.6 Å². The lowest BCUT2D eigenvalue weighted by Gasteiger charge is -2.13. The van der Waals surface area contributed by atoms with Crippen LogP contribution in [0.5, 0.6) is 0 Å². The van der Waals surface area contributed by atoms with E-state index in [0.29, 0.717) is 0 Å². The summed E-state index contributed by atoms with van der Waals surface area (Å²) < 4.78 is 25.5. The number of halogens is 1. The van der Waals surface area contributed by atoms with Gasteiger partial charge in [-0.1, -0.05) is 11.6 Å². The van der Waals surface area contributed by atoms with Crippen molar-refractivity contribution in [1.29, 1.82) is 5.26 Å². The first kappa shape index (κ1) is 15.4. The number of rotatable bonds is 5. The van der Waals surface area contributed by atoms with E-state index < -0.39 is 28.6 Å². The first-order valence-electron chi connectivity index (χ1n) is 4.87. The molecular weight excluding hydrogens is 296 g/mol. The predicted octanol–water partition coefficient (Wildman–Crippen LogP) is -0.0645. The predicted molar refractivity (Wildman–Crippen MR) is 65.0 cm³/mol. The number of benzene rings is 1. The lowest BCUT2D eigenvalue weighted by Crippen LogP contribution is -2.43. The second-order valence-corrected chi connectivity index (χ2v) is 5.54. The Kier molecular flexibility index (Phi) is 4.85. The van der Waals surface area contributed by atoms with Crippen LogP contribution in [0.1, 0.15) is 5.56 Å². The number of hydrogen-bond acceptors (Lipinski definition) is 5. The van der Waals surface area contributed by atoms with Crippen molar-refractivity contribution in [2.24, 2.45) is 0 Å². The summed E-state index contributed by atoms with van der Waals surface area (Å²) in [7, 11) is -4.20. The second kappa shape index (κ2) is 5.99. The van der Waals surface area contributed by atoms with Crippen LogP contribution in [0.25, 0.3) is 0 Å². The van der Waals surface area contributed by atoms with Crippen LogP contribution in [0.2, 0.25) is 5.02 Å². The molecule has 0 fully saturated rings. The lowest BCUT2D eigenvalue weighted by atomic mass is 10.2. The summed E-state index contributed by atoms with van der Waals surface area (Å²) in [6.45, 7) is -0.900. The number of sulfonamides is 1. The molecule has 102 valence electrons. The third-order valence-electron chi connectivity index (χ3n) is 2.13. The van der Waals surface area contributed by atoms with Gasteiger partial charge in [0, 0.05) is 0 Å². The Morgan fingerprint density at radius 3 is 2.58 bits per heavy atom. The molecule has 0 radical (unpaired) electrons. The van der Waals surface area contributed by atoms with E-state index in [2.05, 4.69) is 0 Å². The smallest absolute Gasteiger partial charge is 0.324 e. The fraction of sp³-hybridized carbons (Fsp3) is 0.200. The van der Waals surface area contributed by atoms with Gasteiger partial charge in [0.05, 0.1) is 23.3 Å². The summed E-state index contributed by atoms with van der Waals surface area (Å²) in [5.74, 6) is -1.52. The van der Waals surface area contributed by atoms with E-state index in [-0.39, 0.29) is 15.5 Å². The molecule has 1 unspecified atom stereocenters. The fourth-order valence-electron chi connectivity index (χ4n) is 1.20. The van der Waals surface area contributed by atoms with Crippen molar-refractivity contribution in [2.45, 2.75) is 10.9 Å². The molecule has 0 bridgehead atoms. The van der Waals surface area contributed by atoms with Crippen molar-refractivity contribution in [3.05, 3.63) is 28.8 Å². The average molecular weight is 305 g/mol. The zero-order valence-electron chi connectivity index (χ0n) is 9.37. The SMILES string of the molecule is N#Cc1ccc(S(=O)(=O)NC(CO)C(=O)O)c(Cl)c1. The van der Waals surface area contributed by atoms with Gasteiger partial charge in [-0.05, 0) is 18.2 Å². The van der Waals surface area contributed by atoms with Crippen LogP contribution in [0.4, 0.5) is 0 Å². The summed E-state index contributed by atoms with van der Waals surface area (Å²) in [5, 5.41) is 25.9. The molecule has 0 aliphatic carbocycles. The first-order chi connectivity index (χ1) is 8.81. The van der Waals surface area contributed by atoms with Gasteiger partial charge in [0.2, 0.25) is 10.0 Å². The zero-order chi connectivity index (χ0) is 14.6. The minimum atomic E-state index is -4.20. The van der Waals surface area contributed by atoms with Gasteiger partial charge in [-0.3, -0.25) is 4.79 Å². The molecule has 0 saturated heterocycles. The van der Waals surface area contributed by atoms with Crippen LogP contribution >= 0.6 is 11.6 Å². The highest BCUT2D eigenvalue weighted by Crippen LogP contribution is 2.22. The minimum Gasteiger partial charge on any atom is -0.480 e. The van der Waals surface area contributed by atoms with Gasteiger partial charge < -0.3 is 10.2 Å². The van der Waals surface area contributed by atoms with E-state index in [1.165, 1.54) is 6.07 Å². The molecule has 0 aromatic heterocycles. The largest absolute Gasteiger partial charge is 0.480 e. The summed E-state index contributed by atoms with van der Waals surface area (Å²) in [6, 6.07) is 3.57. The van der Waals surface area contributed by atoms with Crippen molar-refractivity contribution in [1.82, 2.24) is 4.72 Å². The minimum absolute atomic E-state index is 0.167. The third kappa shape index (κ3) is 3.65. The van der Waals surface area contributed by atoms with Gasteiger partial charge in [0.1, 0.15) is 10.9 Å². The maximum absolute atomic E-state index is 11.9. The van der Waals surface area contributed by atoms with Gasteiger partial charge in [-0.15, -0.1) is 0 Å². The Hall–Kier alpha value is -1.66. The molecule has 1 aromatic rings. The third-order valence-corrected chi connectivity index (χ3v) is 4.08. The molecule has 19 heavy (non-hydrogen) atoms. The molecular formula is C10H9ClN2O5S. The molecule has 9 heteroatoms. The van der Waals surface area contributed by atoms with Crippen LogP contribution < -0.4 is 4.72 Å². The van der Waals surface area contributed by atoms with E-state index in [0.717, 1.165) is 12.1 Å².